The van der Waals surface area contributed by atoms with Crippen molar-refractivity contribution in [2.24, 2.45) is 11.3 Å². The number of hydrogen-bond acceptors (Lipinski definition) is 3. The lowest BCUT2D eigenvalue weighted by Crippen LogP contribution is -2.53. The van der Waals surface area contributed by atoms with E-state index in [1.54, 1.807) is 19.0 Å². The van der Waals surface area contributed by atoms with Gasteiger partial charge in [-0.25, -0.2) is 4.79 Å². The summed E-state index contributed by atoms with van der Waals surface area (Å²) < 4.78 is 5.75. The van der Waals surface area contributed by atoms with Crippen molar-refractivity contribution in [3.05, 3.63) is 0 Å². The standard InChI is InChI=1S/C19H33N3O3/c1-20(2)18(24)21-12-7-15(8-13-21)17(23)22-11-5-10-19(14-22)9-4-6-16(19)25-3/h15-16H,4-14H2,1-3H3/t16-,19+/m1/s1. The zero-order chi connectivity index (χ0) is 18.0. The molecule has 2 saturated heterocycles. The van der Waals surface area contributed by atoms with E-state index in [0.29, 0.717) is 25.1 Å². The van der Waals surface area contributed by atoms with Crippen molar-refractivity contribution in [1.29, 1.82) is 0 Å². The first-order valence-electron chi connectivity index (χ1n) is 9.75. The molecule has 0 radical (unpaired) electrons. The van der Waals surface area contributed by atoms with Gasteiger partial charge in [-0.3, -0.25) is 4.79 Å². The minimum Gasteiger partial charge on any atom is -0.381 e. The summed E-state index contributed by atoms with van der Waals surface area (Å²) in [5.41, 5.74) is 0.185. The number of carbonyl (C=O) groups is 2. The zero-order valence-electron chi connectivity index (χ0n) is 16.0. The van der Waals surface area contributed by atoms with Crippen LogP contribution in [-0.2, 0) is 9.53 Å². The summed E-state index contributed by atoms with van der Waals surface area (Å²) in [6.45, 7) is 3.12. The van der Waals surface area contributed by atoms with E-state index >= 15 is 0 Å². The first kappa shape index (κ1) is 18.5. The zero-order valence-corrected chi connectivity index (χ0v) is 16.0. The molecular weight excluding hydrogens is 318 g/mol. The molecule has 2 atom stereocenters. The maximum absolute atomic E-state index is 13.1. The number of ether oxygens (including phenoxy) is 1. The van der Waals surface area contributed by atoms with Gasteiger partial charge in [0.05, 0.1) is 6.10 Å². The van der Waals surface area contributed by atoms with Gasteiger partial charge in [-0.1, -0.05) is 6.42 Å². The smallest absolute Gasteiger partial charge is 0.319 e. The molecule has 0 bridgehead atoms. The van der Waals surface area contributed by atoms with E-state index in [1.165, 1.54) is 19.3 Å². The molecule has 142 valence electrons. The molecule has 3 aliphatic rings. The summed E-state index contributed by atoms with van der Waals surface area (Å²) in [4.78, 5) is 30.7. The molecule has 3 rings (SSSR count). The van der Waals surface area contributed by atoms with E-state index in [2.05, 4.69) is 4.90 Å². The third-order valence-corrected chi connectivity index (χ3v) is 6.53. The predicted molar refractivity (Wildman–Crippen MR) is 96.3 cm³/mol. The number of nitrogens with zero attached hydrogens (tertiary/aromatic N) is 3. The van der Waals surface area contributed by atoms with E-state index in [9.17, 15) is 9.59 Å². The Morgan fingerprint density at radius 2 is 1.68 bits per heavy atom. The molecule has 6 heteroatoms. The van der Waals surface area contributed by atoms with Gasteiger partial charge in [-0.05, 0) is 38.5 Å². The van der Waals surface area contributed by atoms with Crippen LogP contribution in [0.2, 0.25) is 0 Å². The molecule has 1 spiro atoms. The van der Waals surface area contributed by atoms with E-state index < -0.39 is 0 Å². The van der Waals surface area contributed by atoms with Crippen LogP contribution in [0.15, 0.2) is 0 Å². The summed E-state index contributed by atoms with van der Waals surface area (Å²) in [6, 6.07) is 0.0525. The third kappa shape index (κ3) is 3.64. The molecule has 3 amide bonds. The van der Waals surface area contributed by atoms with Crippen LogP contribution in [0.3, 0.4) is 0 Å². The van der Waals surface area contributed by atoms with Crippen molar-refractivity contribution >= 4 is 11.9 Å². The Kier molecular flexibility index (Phi) is 5.56. The van der Waals surface area contributed by atoms with E-state index in [-0.39, 0.29) is 17.4 Å². The van der Waals surface area contributed by atoms with Crippen molar-refractivity contribution in [2.45, 2.75) is 51.0 Å². The number of amides is 3. The Labute approximate surface area is 151 Å². The average molecular weight is 351 g/mol. The molecular formula is C19H33N3O3. The van der Waals surface area contributed by atoms with Crippen molar-refractivity contribution in [2.75, 3.05) is 47.4 Å². The van der Waals surface area contributed by atoms with Gasteiger partial charge in [0, 0.05) is 58.7 Å². The van der Waals surface area contributed by atoms with Crippen LogP contribution in [0.5, 0.6) is 0 Å². The monoisotopic (exact) mass is 351 g/mol. The lowest BCUT2D eigenvalue weighted by atomic mass is 9.76. The van der Waals surface area contributed by atoms with E-state index in [0.717, 1.165) is 38.8 Å². The third-order valence-electron chi connectivity index (χ3n) is 6.53. The molecule has 1 saturated carbocycles. The number of methoxy groups -OCH3 is 1. The highest BCUT2D eigenvalue weighted by molar-refractivity contribution is 5.80. The van der Waals surface area contributed by atoms with Gasteiger partial charge in [0.2, 0.25) is 5.91 Å². The summed E-state index contributed by atoms with van der Waals surface area (Å²) in [5.74, 6) is 0.376. The van der Waals surface area contributed by atoms with Gasteiger partial charge >= 0.3 is 6.03 Å². The minimum atomic E-state index is 0.0525. The second kappa shape index (κ2) is 7.52. The van der Waals surface area contributed by atoms with Crippen LogP contribution in [0.4, 0.5) is 4.79 Å². The normalized spacial score (nSPS) is 30.8. The quantitative estimate of drug-likeness (QED) is 0.766. The maximum atomic E-state index is 13.1. The lowest BCUT2D eigenvalue weighted by molar-refractivity contribution is -0.143. The molecule has 2 heterocycles. The van der Waals surface area contributed by atoms with Crippen LogP contribution in [-0.4, -0.2) is 80.1 Å². The Hall–Kier alpha value is -1.30. The molecule has 0 aromatic rings. The van der Waals surface area contributed by atoms with Crippen molar-refractivity contribution in [3.63, 3.8) is 0 Å². The van der Waals surface area contributed by atoms with Gasteiger partial charge in [0.25, 0.3) is 0 Å². The Morgan fingerprint density at radius 3 is 2.32 bits per heavy atom. The summed E-state index contributed by atoms with van der Waals surface area (Å²) in [7, 11) is 5.37. The highest BCUT2D eigenvalue weighted by atomic mass is 16.5. The Bertz CT molecular complexity index is 502. The molecule has 2 aliphatic heterocycles. The maximum Gasteiger partial charge on any atom is 0.319 e. The minimum absolute atomic E-state index is 0.0525. The van der Waals surface area contributed by atoms with Crippen LogP contribution >= 0.6 is 0 Å². The Morgan fingerprint density at radius 1 is 1.00 bits per heavy atom. The second-order valence-corrected chi connectivity index (χ2v) is 8.28. The van der Waals surface area contributed by atoms with Crippen LogP contribution in [0.25, 0.3) is 0 Å². The van der Waals surface area contributed by atoms with Gasteiger partial charge in [0.15, 0.2) is 0 Å². The number of carbonyl (C=O) groups excluding carboxylic acids is 2. The van der Waals surface area contributed by atoms with Crippen LogP contribution < -0.4 is 0 Å². The molecule has 1 aliphatic carbocycles. The highest BCUT2D eigenvalue weighted by Gasteiger charge is 2.47. The first-order chi connectivity index (χ1) is 12.0. The predicted octanol–water partition coefficient (Wildman–Crippen LogP) is 2.19. The van der Waals surface area contributed by atoms with E-state index in [1.807, 2.05) is 12.0 Å². The number of piperidine rings is 2. The summed E-state index contributed by atoms with van der Waals surface area (Å²) in [5, 5.41) is 0. The number of rotatable bonds is 2. The van der Waals surface area contributed by atoms with Crippen molar-refractivity contribution < 1.29 is 14.3 Å². The van der Waals surface area contributed by atoms with Gasteiger partial charge < -0.3 is 19.4 Å². The number of hydrogen-bond donors (Lipinski definition) is 0. The van der Waals surface area contributed by atoms with Crippen LogP contribution in [0, 0.1) is 11.3 Å². The summed E-state index contributed by atoms with van der Waals surface area (Å²) in [6.07, 6.45) is 7.68. The number of likely N-dealkylation sites (tertiary alicyclic amines) is 2. The SMILES string of the molecule is CO[C@@H]1CCC[C@@]12CCCN(C(=O)C1CCN(C(=O)N(C)C)CC1)C2. The first-order valence-corrected chi connectivity index (χ1v) is 9.75. The highest BCUT2D eigenvalue weighted by Crippen LogP contribution is 2.46. The molecule has 0 N–H and O–H groups in total. The lowest BCUT2D eigenvalue weighted by Gasteiger charge is -2.45. The van der Waals surface area contributed by atoms with Crippen LogP contribution in [0.1, 0.15) is 44.9 Å². The Balaban J connectivity index is 1.58. The van der Waals surface area contributed by atoms with Crippen molar-refractivity contribution in [3.8, 4) is 0 Å². The molecule has 6 nitrogen and oxygen atoms in total. The number of urea groups is 1. The van der Waals surface area contributed by atoms with Gasteiger partial charge in [-0.2, -0.15) is 0 Å². The average Bonchev–Trinajstić information content (AvgIpc) is 3.02. The molecule has 3 fully saturated rings. The second-order valence-electron chi connectivity index (χ2n) is 8.28. The molecule has 25 heavy (non-hydrogen) atoms. The fourth-order valence-electron chi connectivity index (χ4n) is 5.15. The van der Waals surface area contributed by atoms with Gasteiger partial charge in [-0.15, -0.1) is 0 Å². The summed E-state index contributed by atoms with van der Waals surface area (Å²) >= 11 is 0. The largest absolute Gasteiger partial charge is 0.381 e. The topological polar surface area (TPSA) is 53.1 Å². The van der Waals surface area contributed by atoms with E-state index in [4.69, 9.17) is 4.74 Å². The van der Waals surface area contributed by atoms with Crippen molar-refractivity contribution in [1.82, 2.24) is 14.7 Å². The fourth-order valence-corrected chi connectivity index (χ4v) is 5.15. The molecule has 0 aromatic heterocycles. The fraction of sp³-hybridized carbons (Fsp3) is 0.895. The van der Waals surface area contributed by atoms with Gasteiger partial charge in [0.1, 0.15) is 0 Å². The molecule has 0 aromatic carbocycles. The molecule has 0 unspecified atom stereocenters.